The molecule has 0 spiro atoms. The van der Waals surface area contributed by atoms with Gasteiger partial charge in [-0.25, -0.2) is 4.79 Å². The highest BCUT2D eigenvalue weighted by atomic mass is 32.1. The van der Waals surface area contributed by atoms with Crippen LogP contribution in [0.25, 0.3) is 0 Å². The van der Waals surface area contributed by atoms with E-state index in [4.69, 9.17) is 14.2 Å². The molecule has 1 amide bonds. The largest absolute Gasteiger partial charge is 0.483 e. The molecule has 1 unspecified atom stereocenters. The molecule has 1 aromatic heterocycles. The third-order valence-electron chi connectivity index (χ3n) is 4.61. The minimum atomic E-state index is -0.594. The van der Waals surface area contributed by atoms with Crippen LogP contribution in [0.1, 0.15) is 38.7 Å². The summed E-state index contributed by atoms with van der Waals surface area (Å²) in [5, 5.41) is 3.09. The Morgan fingerprint density at radius 3 is 2.61 bits per heavy atom. The van der Waals surface area contributed by atoms with Crippen LogP contribution in [0.15, 0.2) is 24.3 Å². The van der Waals surface area contributed by atoms with Crippen LogP contribution in [0, 0.1) is 6.92 Å². The molecular weight excluding hydrogens is 382 g/mol. The van der Waals surface area contributed by atoms with Gasteiger partial charge in [0.2, 0.25) is 0 Å². The molecule has 8 heteroatoms. The van der Waals surface area contributed by atoms with Gasteiger partial charge in [-0.3, -0.25) is 9.59 Å². The zero-order valence-corrected chi connectivity index (χ0v) is 16.7. The van der Waals surface area contributed by atoms with Crippen molar-refractivity contribution in [1.82, 2.24) is 0 Å². The number of para-hydroxylation sites is 1. The molecule has 0 saturated heterocycles. The number of fused-ring (bicyclic) bond motifs is 1. The van der Waals surface area contributed by atoms with Crippen molar-refractivity contribution in [1.29, 1.82) is 0 Å². The van der Waals surface area contributed by atoms with Crippen molar-refractivity contribution in [3.05, 3.63) is 45.8 Å². The van der Waals surface area contributed by atoms with E-state index in [1.165, 1.54) is 25.6 Å². The monoisotopic (exact) mass is 403 g/mol. The van der Waals surface area contributed by atoms with E-state index in [-0.39, 0.29) is 12.2 Å². The number of rotatable bonds is 6. The number of aryl methyl sites for hydroxylation is 2. The van der Waals surface area contributed by atoms with Crippen LogP contribution in [0.3, 0.4) is 0 Å². The Labute approximate surface area is 166 Å². The summed E-state index contributed by atoms with van der Waals surface area (Å²) in [5.41, 5.74) is 1.74. The van der Waals surface area contributed by atoms with Crippen molar-refractivity contribution in [3.63, 3.8) is 0 Å². The molecule has 1 heterocycles. The molecule has 0 saturated carbocycles. The molecule has 1 aromatic carbocycles. The van der Waals surface area contributed by atoms with Crippen molar-refractivity contribution in [2.24, 2.45) is 0 Å². The van der Waals surface area contributed by atoms with Gasteiger partial charge in [0, 0.05) is 4.88 Å². The lowest BCUT2D eigenvalue weighted by molar-refractivity contribution is -0.142. The third kappa shape index (κ3) is 3.87. The van der Waals surface area contributed by atoms with Crippen molar-refractivity contribution in [2.45, 2.75) is 25.7 Å². The van der Waals surface area contributed by atoms with E-state index < -0.39 is 23.8 Å². The van der Waals surface area contributed by atoms with Gasteiger partial charge < -0.3 is 19.5 Å². The Bertz CT molecular complexity index is 919. The molecule has 1 aliphatic rings. The number of methoxy groups -OCH3 is 2. The molecule has 0 radical (unpaired) electrons. The Hall–Kier alpha value is -2.87. The number of hydrogen-bond acceptors (Lipinski definition) is 7. The van der Waals surface area contributed by atoms with Gasteiger partial charge in [0.05, 0.1) is 25.7 Å². The number of anilines is 1. The highest BCUT2D eigenvalue weighted by molar-refractivity contribution is 7.17. The van der Waals surface area contributed by atoms with Crippen molar-refractivity contribution in [2.75, 3.05) is 26.1 Å². The predicted octanol–water partition coefficient (Wildman–Crippen LogP) is 3.06. The summed E-state index contributed by atoms with van der Waals surface area (Å²) in [5.74, 6) is -1.31. The second-order valence-corrected chi connectivity index (χ2v) is 7.46. The summed E-state index contributed by atoms with van der Waals surface area (Å²) in [6, 6.07) is 7.38. The maximum absolute atomic E-state index is 12.4. The first kappa shape index (κ1) is 19.9. The van der Waals surface area contributed by atoms with E-state index in [1.54, 1.807) is 6.07 Å². The second kappa shape index (κ2) is 8.43. The van der Waals surface area contributed by atoms with Gasteiger partial charge in [-0.05, 0) is 37.0 Å². The standard InChI is InChI=1S/C20H21NO6S/c1-11-6-4-5-7-13(11)27-10-15(22)21-18-17(20(24)26-3)16-12(19(23)25-2)8-9-14(16)28-18/h4-7,12H,8-10H2,1-3H3,(H,21,22). The molecule has 7 nitrogen and oxygen atoms in total. The zero-order valence-electron chi connectivity index (χ0n) is 15.9. The van der Waals surface area contributed by atoms with Crippen molar-refractivity contribution in [3.8, 4) is 5.75 Å². The lowest BCUT2D eigenvalue weighted by Crippen LogP contribution is -2.22. The first-order valence-electron chi connectivity index (χ1n) is 8.76. The number of carbonyl (C=O) groups is 3. The molecule has 0 bridgehead atoms. The van der Waals surface area contributed by atoms with Crippen LogP contribution < -0.4 is 10.1 Å². The fourth-order valence-electron chi connectivity index (χ4n) is 3.26. The zero-order chi connectivity index (χ0) is 20.3. The Morgan fingerprint density at radius 2 is 1.93 bits per heavy atom. The maximum Gasteiger partial charge on any atom is 0.341 e. The topological polar surface area (TPSA) is 90.9 Å². The second-order valence-electron chi connectivity index (χ2n) is 6.35. The quantitative estimate of drug-likeness (QED) is 0.746. The summed E-state index contributed by atoms with van der Waals surface area (Å²) in [6.45, 7) is 1.69. The smallest absolute Gasteiger partial charge is 0.341 e. The van der Waals surface area contributed by atoms with Crippen molar-refractivity contribution < 1.29 is 28.6 Å². The molecule has 148 valence electrons. The van der Waals surface area contributed by atoms with Crippen LogP contribution in [0.5, 0.6) is 5.75 Å². The Morgan fingerprint density at radius 1 is 1.18 bits per heavy atom. The number of amides is 1. The summed E-state index contributed by atoms with van der Waals surface area (Å²) in [4.78, 5) is 37.7. The molecule has 1 atom stereocenters. The maximum atomic E-state index is 12.4. The predicted molar refractivity (Wildman–Crippen MR) is 104 cm³/mol. The van der Waals surface area contributed by atoms with E-state index in [1.807, 2.05) is 25.1 Å². The molecule has 2 aromatic rings. The Balaban J connectivity index is 1.80. The fraction of sp³-hybridized carbons (Fsp3) is 0.350. The first-order chi connectivity index (χ1) is 13.5. The number of thiophene rings is 1. The van der Waals surface area contributed by atoms with E-state index >= 15 is 0 Å². The van der Waals surface area contributed by atoms with Gasteiger partial charge in [-0.15, -0.1) is 11.3 Å². The molecule has 1 N–H and O–H groups in total. The molecule has 28 heavy (non-hydrogen) atoms. The average molecular weight is 403 g/mol. The minimum absolute atomic E-state index is 0.200. The van der Waals surface area contributed by atoms with Gasteiger partial charge >= 0.3 is 11.9 Å². The highest BCUT2D eigenvalue weighted by Crippen LogP contribution is 2.45. The molecule has 1 aliphatic carbocycles. The van der Waals surface area contributed by atoms with Gasteiger partial charge in [-0.1, -0.05) is 18.2 Å². The van der Waals surface area contributed by atoms with E-state index in [2.05, 4.69) is 5.32 Å². The number of hydrogen-bond donors (Lipinski definition) is 1. The lowest BCUT2D eigenvalue weighted by Gasteiger charge is -2.12. The van der Waals surface area contributed by atoms with E-state index in [0.717, 1.165) is 10.4 Å². The first-order valence-corrected chi connectivity index (χ1v) is 9.57. The summed E-state index contributed by atoms with van der Waals surface area (Å²) < 4.78 is 15.3. The Kier molecular flexibility index (Phi) is 5.99. The average Bonchev–Trinajstić information content (AvgIpc) is 3.24. The van der Waals surface area contributed by atoms with Crippen LogP contribution >= 0.6 is 11.3 Å². The van der Waals surface area contributed by atoms with Crippen LogP contribution in [-0.4, -0.2) is 38.7 Å². The minimum Gasteiger partial charge on any atom is -0.483 e. The lowest BCUT2D eigenvalue weighted by atomic mass is 9.99. The normalized spacial score (nSPS) is 14.9. The number of nitrogens with one attached hydrogen (secondary N) is 1. The van der Waals surface area contributed by atoms with Gasteiger partial charge in [-0.2, -0.15) is 0 Å². The number of esters is 2. The van der Waals surface area contributed by atoms with Crippen LogP contribution in [0.4, 0.5) is 5.00 Å². The number of carbonyl (C=O) groups excluding carboxylic acids is 3. The van der Waals surface area contributed by atoms with Gasteiger partial charge in [0.15, 0.2) is 6.61 Å². The van der Waals surface area contributed by atoms with Crippen molar-refractivity contribution >= 4 is 34.2 Å². The summed E-state index contributed by atoms with van der Waals surface area (Å²) in [6.07, 6.45) is 1.21. The number of ether oxygens (including phenoxy) is 3. The molecule has 0 fully saturated rings. The summed E-state index contributed by atoms with van der Waals surface area (Å²) >= 11 is 1.28. The molecule has 3 rings (SSSR count). The van der Waals surface area contributed by atoms with Gasteiger partial charge in [0.25, 0.3) is 5.91 Å². The molecular formula is C20H21NO6S. The summed E-state index contributed by atoms with van der Waals surface area (Å²) in [7, 11) is 2.58. The van der Waals surface area contributed by atoms with E-state index in [9.17, 15) is 14.4 Å². The van der Waals surface area contributed by atoms with Crippen LogP contribution in [-0.2, 0) is 25.5 Å². The van der Waals surface area contributed by atoms with Crippen LogP contribution in [0.2, 0.25) is 0 Å². The van der Waals surface area contributed by atoms with E-state index in [0.29, 0.717) is 29.2 Å². The molecule has 0 aliphatic heterocycles. The third-order valence-corrected chi connectivity index (χ3v) is 5.79. The van der Waals surface area contributed by atoms with Gasteiger partial charge in [0.1, 0.15) is 10.8 Å². The fourth-order valence-corrected chi connectivity index (χ4v) is 4.54. The number of benzene rings is 1. The highest BCUT2D eigenvalue weighted by Gasteiger charge is 2.38. The SMILES string of the molecule is COC(=O)c1c(NC(=O)COc2ccccc2C)sc2c1C(C(=O)OC)CC2.